The number of benzene rings is 2. The SMILES string of the molecule is Cc1ccc(S(=O)(=O)NC2CCc3[nH]c4ccc(C)cc4c3C2)cc1. The van der Waals surface area contributed by atoms with Gasteiger partial charge in [-0.1, -0.05) is 29.3 Å². The Morgan fingerprint density at radius 1 is 1.04 bits per heavy atom. The van der Waals surface area contributed by atoms with E-state index in [2.05, 4.69) is 34.8 Å². The van der Waals surface area contributed by atoms with E-state index in [0.717, 1.165) is 30.3 Å². The first-order valence-electron chi connectivity index (χ1n) is 8.61. The van der Waals surface area contributed by atoms with Crippen LogP contribution in [0.2, 0.25) is 0 Å². The number of fused-ring (bicyclic) bond motifs is 3. The lowest BCUT2D eigenvalue weighted by molar-refractivity contribution is 0.506. The summed E-state index contributed by atoms with van der Waals surface area (Å²) in [5, 5.41) is 1.22. The van der Waals surface area contributed by atoms with Gasteiger partial charge in [0.15, 0.2) is 0 Å². The molecule has 1 aliphatic rings. The van der Waals surface area contributed by atoms with E-state index in [0.29, 0.717) is 4.90 Å². The normalized spacial score (nSPS) is 17.6. The molecule has 0 bridgehead atoms. The van der Waals surface area contributed by atoms with Gasteiger partial charge >= 0.3 is 0 Å². The lowest BCUT2D eigenvalue weighted by Crippen LogP contribution is -2.38. The van der Waals surface area contributed by atoms with E-state index >= 15 is 0 Å². The summed E-state index contributed by atoms with van der Waals surface area (Å²) in [4.78, 5) is 3.82. The van der Waals surface area contributed by atoms with Crippen LogP contribution in [-0.2, 0) is 22.9 Å². The fourth-order valence-electron chi connectivity index (χ4n) is 3.64. The van der Waals surface area contributed by atoms with E-state index in [9.17, 15) is 8.42 Å². The molecule has 0 spiro atoms. The highest BCUT2D eigenvalue weighted by molar-refractivity contribution is 7.89. The molecule has 1 atom stereocenters. The van der Waals surface area contributed by atoms with Crippen molar-refractivity contribution < 1.29 is 8.42 Å². The van der Waals surface area contributed by atoms with Gasteiger partial charge in [-0.2, -0.15) is 0 Å². The number of hydrogen-bond donors (Lipinski definition) is 2. The van der Waals surface area contributed by atoms with Crippen molar-refractivity contribution in [1.29, 1.82) is 0 Å². The fourth-order valence-corrected chi connectivity index (χ4v) is 4.91. The Labute approximate surface area is 148 Å². The largest absolute Gasteiger partial charge is 0.358 e. The molecule has 2 N–H and O–H groups in total. The summed E-state index contributed by atoms with van der Waals surface area (Å²) in [5.74, 6) is 0. The van der Waals surface area contributed by atoms with E-state index in [1.165, 1.54) is 22.2 Å². The van der Waals surface area contributed by atoms with Crippen LogP contribution < -0.4 is 4.72 Å². The third kappa shape index (κ3) is 3.10. The summed E-state index contributed by atoms with van der Waals surface area (Å²) in [6.07, 6.45) is 2.40. The van der Waals surface area contributed by atoms with E-state index < -0.39 is 10.0 Å². The molecule has 4 nitrogen and oxygen atoms in total. The monoisotopic (exact) mass is 354 g/mol. The number of aryl methyl sites for hydroxylation is 3. The first-order valence-corrected chi connectivity index (χ1v) is 10.1. The Kier molecular flexibility index (Phi) is 3.93. The third-order valence-corrected chi connectivity index (χ3v) is 6.53. The van der Waals surface area contributed by atoms with Gasteiger partial charge in [-0.05, 0) is 62.9 Å². The molecule has 1 unspecified atom stereocenters. The van der Waals surface area contributed by atoms with E-state index in [1.54, 1.807) is 12.1 Å². The minimum Gasteiger partial charge on any atom is -0.358 e. The molecule has 130 valence electrons. The summed E-state index contributed by atoms with van der Waals surface area (Å²) >= 11 is 0. The molecule has 0 fully saturated rings. The Morgan fingerprint density at radius 3 is 2.52 bits per heavy atom. The van der Waals surface area contributed by atoms with Crippen LogP contribution in [0.1, 0.15) is 28.8 Å². The van der Waals surface area contributed by atoms with Crippen molar-refractivity contribution in [3.63, 3.8) is 0 Å². The number of sulfonamides is 1. The highest BCUT2D eigenvalue weighted by Gasteiger charge is 2.26. The standard InChI is InChI=1S/C20H22N2O2S/c1-13-3-7-16(8-4-13)25(23,24)22-15-6-10-20-18(12-15)17-11-14(2)5-9-19(17)21-20/h3-5,7-9,11,15,21-22H,6,10,12H2,1-2H3. The molecule has 0 saturated carbocycles. The average Bonchev–Trinajstić information content (AvgIpc) is 2.92. The molecule has 2 aromatic carbocycles. The van der Waals surface area contributed by atoms with Crippen LogP contribution in [0.25, 0.3) is 10.9 Å². The van der Waals surface area contributed by atoms with Crippen molar-refractivity contribution in [2.24, 2.45) is 0 Å². The average molecular weight is 354 g/mol. The molecule has 0 saturated heterocycles. The lowest BCUT2D eigenvalue weighted by Gasteiger charge is -2.23. The van der Waals surface area contributed by atoms with Gasteiger partial charge in [0.05, 0.1) is 4.90 Å². The quantitative estimate of drug-likeness (QED) is 0.755. The number of hydrogen-bond acceptors (Lipinski definition) is 2. The van der Waals surface area contributed by atoms with Crippen LogP contribution in [0.15, 0.2) is 47.4 Å². The second-order valence-electron chi connectivity index (χ2n) is 7.01. The van der Waals surface area contributed by atoms with Gasteiger partial charge in [-0.25, -0.2) is 13.1 Å². The maximum Gasteiger partial charge on any atom is 0.240 e. The fraction of sp³-hybridized carbons (Fsp3) is 0.300. The Hall–Kier alpha value is -2.11. The summed E-state index contributed by atoms with van der Waals surface area (Å²) in [7, 11) is -3.48. The third-order valence-electron chi connectivity index (χ3n) is 5.00. The highest BCUT2D eigenvalue weighted by Crippen LogP contribution is 2.30. The van der Waals surface area contributed by atoms with Gasteiger partial charge in [0, 0.05) is 22.6 Å². The van der Waals surface area contributed by atoms with Gasteiger partial charge in [0.2, 0.25) is 10.0 Å². The van der Waals surface area contributed by atoms with Crippen molar-refractivity contribution in [1.82, 2.24) is 9.71 Å². The van der Waals surface area contributed by atoms with Crippen LogP contribution in [0, 0.1) is 13.8 Å². The molecular weight excluding hydrogens is 332 g/mol. The molecule has 4 rings (SSSR count). The highest BCUT2D eigenvalue weighted by atomic mass is 32.2. The van der Waals surface area contributed by atoms with Gasteiger partial charge in [-0.15, -0.1) is 0 Å². The molecular formula is C20H22N2O2S. The molecule has 1 heterocycles. The van der Waals surface area contributed by atoms with Crippen LogP contribution in [0.4, 0.5) is 0 Å². The van der Waals surface area contributed by atoms with E-state index in [-0.39, 0.29) is 6.04 Å². The molecule has 0 aliphatic heterocycles. The van der Waals surface area contributed by atoms with Crippen molar-refractivity contribution >= 4 is 20.9 Å². The zero-order chi connectivity index (χ0) is 17.6. The molecule has 1 aromatic heterocycles. The molecule has 1 aliphatic carbocycles. The Balaban J connectivity index is 1.61. The van der Waals surface area contributed by atoms with Crippen molar-refractivity contribution in [3.05, 3.63) is 64.8 Å². The maximum atomic E-state index is 12.7. The van der Waals surface area contributed by atoms with Gasteiger partial charge in [-0.3, -0.25) is 0 Å². The van der Waals surface area contributed by atoms with Crippen LogP contribution in [0.3, 0.4) is 0 Å². The van der Waals surface area contributed by atoms with Crippen LogP contribution >= 0.6 is 0 Å². The van der Waals surface area contributed by atoms with Gasteiger partial charge in [0.25, 0.3) is 0 Å². The number of aromatic nitrogens is 1. The van der Waals surface area contributed by atoms with E-state index in [1.807, 2.05) is 19.1 Å². The second-order valence-corrected chi connectivity index (χ2v) is 8.72. The number of rotatable bonds is 3. The molecule has 0 amide bonds. The van der Waals surface area contributed by atoms with Crippen molar-refractivity contribution in [2.45, 2.75) is 44.0 Å². The topological polar surface area (TPSA) is 62.0 Å². The molecule has 25 heavy (non-hydrogen) atoms. The number of nitrogens with one attached hydrogen (secondary N) is 2. The van der Waals surface area contributed by atoms with Crippen molar-refractivity contribution in [3.8, 4) is 0 Å². The van der Waals surface area contributed by atoms with Crippen LogP contribution in [0.5, 0.6) is 0 Å². The maximum absolute atomic E-state index is 12.7. The van der Waals surface area contributed by atoms with E-state index in [4.69, 9.17) is 0 Å². The molecule has 5 heteroatoms. The summed E-state index contributed by atoms with van der Waals surface area (Å²) < 4.78 is 28.2. The number of H-pyrrole nitrogens is 1. The smallest absolute Gasteiger partial charge is 0.240 e. The van der Waals surface area contributed by atoms with Gasteiger partial charge < -0.3 is 4.98 Å². The summed E-state index contributed by atoms with van der Waals surface area (Å²) in [6.45, 7) is 4.03. The minimum absolute atomic E-state index is 0.0710. The predicted molar refractivity (Wildman–Crippen MR) is 100 cm³/mol. The first-order chi connectivity index (χ1) is 11.9. The Morgan fingerprint density at radius 2 is 1.76 bits per heavy atom. The number of aromatic amines is 1. The lowest BCUT2D eigenvalue weighted by atomic mass is 9.92. The van der Waals surface area contributed by atoms with Gasteiger partial charge in [0.1, 0.15) is 0 Å². The zero-order valence-electron chi connectivity index (χ0n) is 14.5. The summed E-state index contributed by atoms with van der Waals surface area (Å²) in [6, 6.07) is 13.3. The first kappa shape index (κ1) is 16.4. The summed E-state index contributed by atoms with van der Waals surface area (Å²) in [5.41, 5.74) is 5.90. The molecule has 0 radical (unpaired) electrons. The van der Waals surface area contributed by atoms with Crippen LogP contribution in [-0.4, -0.2) is 19.4 Å². The zero-order valence-corrected chi connectivity index (χ0v) is 15.3. The predicted octanol–water partition coefficient (Wildman–Crippen LogP) is 3.62. The van der Waals surface area contributed by atoms with Crippen molar-refractivity contribution in [2.75, 3.05) is 0 Å². The minimum atomic E-state index is -3.48. The Bertz CT molecular complexity index is 1030. The second kappa shape index (κ2) is 6.00. The molecule has 3 aromatic rings.